The largest absolute Gasteiger partial charge is 0.378 e. The van der Waals surface area contributed by atoms with Crippen molar-refractivity contribution in [1.82, 2.24) is 10.2 Å². The van der Waals surface area contributed by atoms with Crippen molar-refractivity contribution in [2.75, 3.05) is 26.3 Å². The van der Waals surface area contributed by atoms with E-state index in [1.165, 1.54) is 11.1 Å². The molecule has 2 aliphatic heterocycles. The minimum atomic E-state index is 0.250. The number of hydrogen-bond acceptors (Lipinski definition) is 3. The number of nitrogens with zero attached hydrogens (tertiary/aromatic N) is 1. The zero-order valence-corrected chi connectivity index (χ0v) is 11.1. The average Bonchev–Trinajstić information content (AvgIpc) is 2.48. The van der Waals surface area contributed by atoms with E-state index in [-0.39, 0.29) is 11.9 Å². The lowest BCUT2D eigenvalue weighted by Crippen LogP contribution is -2.45. The first kappa shape index (κ1) is 12.6. The summed E-state index contributed by atoms with van der Waals surface area (Å²) in [7, 11) is 0. The van der Waals surface area contributed by atoms with Crippen molar-refractivity contribution in [3.63, 3.8) is 0 Å². The van der Waals surface area contributed by atoms with Crippen LogP contribution in [0.15, 0.2) is 24.3 Å². The number of carbonyl (C=O) groups is 1. The molecule has 0 spiro atoms. The molecule has 19 heavy (non-hydrogen) atoms. The number of rotatable bonds is 2. The number of ether oxygens (including phenoxy) is 1. The summed E-state index contributed by atoms with van der Waals surface area (Å²) >= 11 is 0. The highest BCUT2D eigenvalue weighted by Crippen LogP contribution is 2.18. The Bertz CT molecular complexity index is 455. The van der Waals surface area contributed by atoms with Gasteiger partial charge in [-0.25, -0.2) is 0 Å². The van der Waals surface area contributed by atoms with Gasteiger partial charge in [-0.3, -0.25) is 4.79 Å². The molecule has 0 saturated carbocycles. The molecule has 1 unspecified atom stereocenters. The van der Waals surface area contributed by atoms with Gasteiger partial charge < -0.3 is 15.0 Å². The fourth-order valence-corrected chi connectivity index (χ4v) is 2.82. The monoisotopic (exact) mass is 260 g/mol. The molecule has 3 rings (SSSR count). The van der Waals surface area contributed by atoms with Crippen molar-refractivity contribution in [1.29, 1.82) is 0 Å². The molecular formula is C15H20N2O2. The maximum atomic E-state index is 12.2. The van der Waals surface area contributed by atoms with Gasteiger partial charge in [0.05, 0.1) is 13.2 Å². The van der Waals surface area contributed by atoms with Crippen LogP contribution >= 0.6 is 0 Å². The maximum Gasteiger partial charge on any atom is 0.224 e. The summed E-state index contributed by atoms with van der Waals surface area (Å²) in [5, 5.41) is 3.47. The molecule has 1 atom stereocenters. The Balaban J connectivity index is 1.58. The summed E-state index contributed by atoms with van der Waals surface area (Å²) in [5.74, 6) is 0.250. The summed E-state index contributed by atoms with van der Waals surface area (Å²) < 4.78 is 5.28. The van der Waals surface area contributed by atoms with Gasteiger partial charge in [0.25, 0.3) is 0 Å². The summed E-state index contributed by atoms with van der Waals surface area (Å²) in [6.45, 7) is 3.70. The minimum Gasteiger partial charge on any atom is -0.378 e. The van der Waals surface area contributed by atoms with Crippen molar-refractivity contribution in [2.24, 2.45) is 0 Å². The Hall–Kier alpha value is -1.39. The second-order valence-electron chi connectivity index (χ2n) is 5.25. The number of amides is 1. The van der Waals surface area contributed by atoms with E-state index in [9.17, 15) is 4.79 Å². The van der Waals surface area contributed by atoms with Gasteiger partial charge in [-0.1, -0.05) is 24.3 Å². The first-order valence-electron chi connectivity index (χ1n) is 6.98. The highest BCUT2D eigenvalue weighted by molar-refractivity contribution is 5.77. The van der Waals surface area contributed by atoms with Crippen molar-refractivity contribution in [2.45, 2.75) is 25.4 Å². The summed E-state index contributed by atoms with van der Waals surface area (Å²) in [4.78, 5) is 14.1. The topological polar surface area (TPSA) is 41.6 Å². The van der Waals surface area contributed by atoms with E-state index in [0.29, 0.717) is 19.6 Å². The van der Waals surface area contributed by atoms with E-state index in [1.807, 2.05) is 4.90 Å². The molecule has 1 N–H and O–H groups in total. The smallest absolute Gasteiger partial charge is 0.224 e. The summed E-state index contributed by atoms with van der Waals surface area (Å²) in [5.41, 5.74) is 2.73. The van der Waals surface area contributed by atoms with Gasteiger partial charge in [0.1, 0.15) is 0 Å². The molecule has 1 aromatic rings. The van der Waals surface area contributed by atoms with Crippen LogP contribution in [0.25, 0.3) is 0 Å². The predicted octanol–water partition coefficient (Wildman–Crippen LogP) is 0.950. The van der Waals surface area contributed by atoms with Gasteiger partial charge in [0.2, 0.25) is 5.91 Å². The summed E-state index contributed by atoms with van der Waals surface area (Å²) in [6, 6.07) is 8.74. The Morgan fingerprint density at radius 3 is 2.79 bits per heavy atom. The number of fused-ring (bicyclic) bond motifs is 1. The molecule has 2 heterocycles. The molecule has 1 aromatic carbocycles. The van der Waals surface area contributed by atoms with Gasteiger partial charge in [-0.2, -0.15) is 0 Å². The molecule has 1 saturated heterocycles. The normalized spacial score (nSPS) is 22.9. The van der Waals surface area contributed by atoms with Crippen LogP contribution in [0.3, 0.4) is 0 Å². The minimum absolute atomic E-state index is 0.250. The number of benzene rings is 1. The number of morpholine rings is 1. The maximum absolute atomic E-state index is 12.2. The fraction of sp³-hybridized carbons (Fsp3) is 0.533. The average molecular weight is 260 g/mol. The van der Waals surface area contributed by atoms with Crippen molar-refractivity contribution >= 4 is 5.91 Å². The number of nitrogens with one attached hydrogen (secondary N) is 1. The molecule has 0 aliphatic carbocycles. The third kappa shape index (κ3) is 2.96. The molecular weight excluding hydrogens is 240 g/mol. The lowest BCUT2D eigenvalue weighted by molar-refractivity contribution is -0.135. The van der Waals surface area contributed by atoms with Gasteiger partial charge in [-0.05, 0) is 17.5 Å². The second-order valence-corrected chi connectivity index (χ2v) is 5.25. The standard InChI is InChI=1S/C15H20N2O2/c18-15(17-5-7-19-8-6-17)10-14-9-12-3-1-2-4-13(12)11-16-14/h1-4,14,16H,5-11H2. The lowest BCUT2D eigenvalue weighted by Gasteiger charge is -2.30. The zero-order valence-electron chi connectivity index (χ0n) is 11.1. The van der Waals surface area contributed by atoms with Crippen molar-refractivity contribution in [3.8, 4) is 0 Å². The molecule has 1 fully saturated rings. The highest BCUT2D eigenvalue weighted by atomic mass is 16.5. The first-order valence-corrected chi connectivity index (χ1v) is 6.98. The van der Waals surface area contributed by atoms with Crippen LogP contribution in [-0.2, 0) is 22.5 Å². The van der Waals surface area contributed by atoms with Crippen LogP contribution in [0.2, 0.25) is 0 Å². The van der Waals surface area contributed by atoms with Crippen LogP contribution in [0.1, 0.15) is 17.5 Å². The summed E-state index contributed by atoms with van der Waals surface area (Å²) in [6.07, 6.45) is 1.54. The molecule has 2 aliphatic rings. The van der Waals surface area contributed by atoms with E-state index >= 15 is 0 Å². The third-order valence-electron chi connectivity index (χ3n) is 3.95. The highest BCUT2D eigenvalue weighted by Gasteiger charge is 2.23. The Kier molecular flexibility index (Phi) is 3.80. The third-order valence-corrected chi connectivity index (χ3v) is 3.95. The second kappa shape index (κ2) is 5.72. The van der Waals surface area contributed by atoms with Gasteiger partial charge in [0, 0.05) is 32.1 Å². The quantitative estimate of drug-likeness (QED) is 0.861. The van der Waals surface area contributed by atoms with Crippen LogP contribution in [0.4, 0.5) is 0 Å². The number of carbonyl (C=O) groups excluding carboxylic acids is 1. The molecule has 102 valence electrons. The van der Waals surface area contributed by atoms with E-state index in [0.717, 1.165) is 26.1 Å². The van der Waals surface area contributed by atoms with Gasteiger partial charge in [0.15, 0.2) is 0 Å². The van der Waals surface area contributed by atoms with Crippen LogP contribution in [0.5, 0.6) is 0 Å². The predicted molar refractivity (Wildman–Crippen MR) is 72.8 cm³/mol. The molecule has 0 bridgehead atoms. The van der Waals surface area contributed by atoms with Crippen molar-refractivity contribution < 1.29 is 9.53 Å². The first-order chi connectivity index (χ1) is 9.33. The molecule has 0 radical (unpaired) electrons. The van der Waals surface area contributed by atoms with Crippen LogP contribution in [0, 0.1) is 0 Å². The Morgan fingerprint density at radius 2 is 2.00 bits per heavy atom. The Labute approximate surface area is 113 Å². The van der Waals surface area contributed by atoms with Crippen molar-refractivity contribution in [3.05, 3.63) is 35.4 Å². The van der Waals surface area contributed by atoms with Crippen LogP contribution < -0.4 is 5.32 Å². The fourth-order valence-electron chi connectivity index (χ4n) is 2.82. The van der Waals surface area contributed by atoms with E-state index in [4.69, 9.17) is 4.74 Å². The molecule has 0 aromatic heterocycles. The van der Waals surface area contributed by atoms with Gasteiger partial charge in [-0.15, -0.1) is 0 Å². The van der Waals surface area contributed by atoms with E-state index < -0.39 is 0 Å². The molecule has 4 heteroatoms. The van der Waals surface area contributed by atoms with E-state index in [1.54, 1.807) is 0 Å². The molecule has 4 nitrogen and oxygen atoms in total. The van der Waals surface area contributed by atoms with Gasteiger partial charge >= 0.3 is 0 Å². The molecule has 1 amide bonds. The van der Waals surface area contributed by atoms with E-state index in [2.05, 4.69) is 29.6 Å². The lowest BCUT2D eigenvalue weighted by atomic mass is 9.94. The SMILES string of the molecule is O=C(CC1Cc2ccccc2CN1)N1CCOCC1. The zero-order chi connectivity index (χ0) is 13.1. The number of hydrogen-bond donors (Lipinski definition) is 1. The van der Waals surface area contributed by atoms with Crippen LogP contribution in [-0.4, -0.2) is 43.2 Å². The Morgan fingerprint density at radius 1 is 1.26 bits per heavy atom.